The zero-order valence-electron chi connectivity index (χ0n) is 11.9. The van der Waals surface area contributed by atoms with Crippen molar-refractivity contribution in [3.8, 4) is 0 Å². The molecule has 4 heterocycles. The lowest BCUT2D eigenvalue weighted by atomic mass is 9.93. The average Bonchev–Trinajstić information content (AvgIpc) is 3.14. The Hall–Kier alpha value is -2.34. The van der Waals surface area contributed by atoms with Crippen molar-refractivity contribution in [2.75, 3.05) is 13.1 Å². The fourth-order valence-corrected chi connectivity index (χ4v) is 3.91. The Kier molecular flexibility index (Phi) is 3.11. The van der Waals surface area contributed by atoms with E-state index in [1.54, 1.807) is 11.3 Å². The Bertz CT molecular complexity index is 744. The normalized spacial score (nSPS) is 17.2. The monoisotopic (exact) mass is 313 g/mol. The van der Waals surface area contributed by atoms with Crippen LogP contribution in [0.25, 0.3) is 17.8 Å². The highest BCUT2D eigenvalue weighted by atomic mass is 32.1. The Morgan fingerprint density at radius 3 is 2.91 bits per heavy atom. The topological polar surface area (TPSA) is 58.4 Å². The predicted molar refractivity (Wildman–Crippen MR) is 86.6 cm³/mol. The minimum Gasteiger partial charge on any atom is -0.465 e. The van der Waals surface area contributed by atoms with Crippen LogP contribution in [-0.4, -0.2) is 38.7 Å². The second-order valence-corrected chi connectivity index (χ2v) is 6.37. The molecule has 2 aromatic heterocycles. The van der Waals surface area contributed by atoms with Crippen molar-refractivity contribution in [3.05, 3.63) is 45.7 Å². The van der Waals surface area contributed by atoms with E-state index in [1.807, 2.05) is 23.2 Å². The van der Waals surface area contributed by atoms with Crippen LogP contribution in [0.5, 0.6) is 0 Å². The highest BCUT2D eigenvalue weighted by Gasteiger charge is 2.25. The third-order valence-corrected chi connectivity index (χ3v) is 5.12. The molecule has 1 fully saturated rings. The molecular formula is C16H15N3O2S. The molecule has 0 radical (unpaired) electrons. The van der Waals surface area contributed by atoms with Gasteiger partial charge in [0.25, 0.3) is 0 Å². The molecule has 22 heavy (non-hydrogen) atoms. The number of carboxylic acid groups (broad SMARTS) is 1. The summed E-state index contributed by atoms with van der Waals surface area (Å²) in [7, 11) is 0. The van der Waals surface area contributed by atoms with Gasteiger partial charge in [-0.1, -0.05) is 5.57 Å². The molecular weight excluding hydrogens is 298 g/mol. The number of imidazole rings is 1. The minimum absolute atomic E-state index is 0.557. The molecule has 2 aliphatic heterocycles. The average molecular weight is 313 g/mol. The van der Waals surface area contributed by atoms with Gasteiger partial charge in [-0.15, -0.1) is 11.3 Å². The Morgan fingerprint density at radius 2 is 2.14 bits per heavy atom. The first-order valence-corrected chi connectivity index (χ1v) is 8.11. The number of piperidine rings is 1. The van der Waals surface area contributed by atoms with Crippen LogP contribution in [0.3, 0.4) is 0 Å². The lowest BCUT2D eigenvalue weighted by Gasteiger charge is -2.27. The second kappa shape index (κ2) is 5.14. The summed E-state index contributed by atoms with van der Waals surface area (Å²) in [6.45, 7) is 1.11. The molecule has 2 aliphatic rings. The van der Waals surface area contributed by atoms with Gasteiger partial charge in [-0.05, 0) is 30.4 Å². The van der Waals surface area contributed by atoms with Crippen molar-refractivity contribution in [2.45, 2.75) is 12.8 Å². The summed E-state index contributed by atoms with van der Waals surface area (Å²) in [5.74, 6) is 0.951. The van der Waals surface area contributed by atoms with Gasteiger partial charge in [-0.3, -0.25) is 0 Å². The van der Waals surface area contributed by atoms with Crippen LogP contribution in [0.1, 0.15) is 29.1 Å². The summed E-state index contributed by atoms with van der Waals surface area (Å²) in [6.07, 6.45) is 8.62. The number of amides is 1. The van der Waals surface area contributed by atoms with Crippen molar-refractivity contribution in [1.82, 2.24) is 14.5 Å². The maximum atomic E-state index is 11.1. The zero-order chi connectivity index (χ0) is 15.1. The lowest BCUT2D eigenvalue weighted by molar-refractivity contribution is 0.142. The molecule has 2 aromatic rings. The Balaban J connectivity index is 1.81. The zero-order valence-corrected chi connectivity index (χ0v) is 12.7. The second-order valence-electron chi connectivity index (χ2n) is 5.42. The number of carbonyl (C=O) groups is 1. The molecule has 0 bridgehead atoms. The van der Waals surface area contributed by atoms with Crippen LogP contribution < -0.4 is 0 Å². The first-order valence-electron chi connectivity index (χ1n) is 7.23. The highest BCUT2D eigenvalue weighted by molar-refractivity contribution is 7.11. The van der Waals surface area contributed by atoms with E-state index in [9.17, 15) is 4.79 Å². The minimum atomic E-state index is -0.829. The predicted octanol–water partition coefficient (Wildman–Crippen LogP) is 3.46. The quantitative estimate of drug-likeness (QED) is 0.691. The van der Waals surface area contributed by atoms with Crippen molar-refractivity contribution >= 4 is 35.3 Å². The molecule has 0 unspecified atom stereocenters. The number of thiophene rings is 1. The molecule has 1 N–H and O–H groups in total. The van der Waals surface area contributed by atoms with Crippen LogP contribution in [-0.2, 0) is 0 Å². The van der Waals surface area contributed by atoms with Crippen molar-refractivity contribution < 1.29 is 9.90 Å². The number of likely N-dealkylation sites (tertiary alicyclic amines) is 1. The van der Waals surface area contributed by atoms with E-state index in [0.29, 0.717) is 13.1 Å². The summed E-state index contributed by atoms with van der Waals surface area (Å²) in [5, 5.41) is 11.2. The number of rotatable bonds is 0. The summed E-state index contributed by atoms with van der Waals surface area (Å²) < 4.78 is 2.04. The Morgan fingerprint density at radius 1 is 1.32 bits per heavy atom. The van der Waals surface area contributed by atoms with Crippen LogP contribution in [0.15, 0.2) is 29.4 Å². The van der Waals surface area contributed by atoms with Gasteiger partial charge in [0.05, 0.1) is 0 Å². The van der Waals surface area contributed by atoms with E-state index in [1.165, 1.54) is 26.5 Å². The maximum Gasteiger partial charge on any atom is 0.407 e. The largest absolute Gasteiger partial charge is 0.465 e. The van der Waals surface area contributed by atoms with Crippen LogP contribution in [0, 0.1) is 0 Å². The van der Waals surface area contributed by atoms with Crippen LogP contribution in [0.2, 0.25) is 0 Å². The summed E-state index contributed by atoms with van der Waals surface area (Å²) in [6, 6.07) is 2.14. The molecule has 0 spiro atoms. The maximum absolute atomic E-state index is 11.1. The fraction of sp³-hybridized carbons (Fsp3) is 0.250. The molecule has 0 atom stereocenters. The van der Waals surface area contributed by atoms with E-state index in [2.05, 4.69) is 22.5 Å². The number of fused-ring (bicyclic) bond motifs is 2. The van der Waals surface area contributed by atoms with Gasteiger partial charge in [-0.25, -0.2) is 9.78 Å². The smallest absolute Gasteiger partial charge is 0.407 e. The Labute approximate surface area is 131 Å². The van der Waals surface area contributed by atoms with Crippen LogP contribution in [0.4, 0.5) is 4.79 Å². The lowest BCUT2D eigenvalue weighted by Crippen LogP contribution is -2.35. The van der Waals surface area contributed by atoms with Crippen molar-refractivity contribution in [1.29, 1.82) is 0 Å². The molecule has 1 amide bonds. The first-order chi connectivity index (χ1) is 10.7. The van der Waals surface area contributed by atoms with Gasteiger partial charge in [-0.2, -0.15) is 0 Å². The van der Waals surface area contributed by atoms with E-state index < -0.39 is 6.09 Å². The van der Waals surface area contributed by atoms with E-state index in [-0.39, 0.29) is 0 Å². The number of nitrogens with zero attached hydrogens (tertiary/aromatic N) is 3. The van der Waals surface area contributed by atoms with Gasteiger partial charge >= 0.3 is 6.09 Å². The summed E-state index contributed by atoms with van der Waals surface area (Å²) in [4.78, 5) is 18.3. The number of hydrogen-bond acceptors (Lipinski definition) is 3. The standard InChI is InChI=1S/C16H15N3O2S/c20-16(21)19-6-1-11(2-7-19)14-12-4-10-22-13(12)3-8-18-9-5-17-15(14)18/h3-5,8-10H,1-2,6-7H2,(H,20,21). The van der Waals surface area contributed by atoms with Gasteiger partial charge in [0.1, 0.15) is 5.82 Å². The molecule has 4 rings (SSSR count). The summed E-state index contributed by atoms with van der Waals surface area (Å²) in [5.41, 5.74) is 3.69. The molecule has 1 saturated heterocycles. The van der Waals surface area contributed by atoms with Crippen molar-refractivity contribution in [3.63, 3.8) is 0 Å². The number of aromatic nitrogens is 2. The SMILES string of the molecule is O=C(O)N1CCC(=C2c3ccsc3C=Cn3ccnc32)CC1. The van der Waals surface area contributed by atoms with Gasteiger partial charge < -0.3 is 14.6 Å². The van der Waals surface area contributed by atoms with E-state index in [0.717, 1.165) is 18.7 Å². The first kappa shape index (κ1) is 13.3. The van der Waals surface area contributed by atoms with Crippen LogP contribution >= 0.6 is 11.3 Å². The third-order valence-electron chi connectivity index (χ3n) is 4.23. The van der Waals surface area contributed by atoms with Crippen molar-refractivity contribution in [2.24, 2.45) is 0 Å². The van der Waals surface area contributed by atoms with E-state index >= 15 is 0 Å². The van der Waals surface area contributed by atoms with E-state index in [4.69, 9.17) is 5.11 Å². The van der Waals surface area contributed by atoms with Gasteiger partial charge in [0.2, 0.25) is 0 Å². The molecule has 112 valence electrons. The van der Waals surface area contributed by atoms with Gasteiger partial charge in [0.15, 0.2) is 0 Å². The molecule has 5 nitrogen and oxygen atoms in total. The third kappa shape index (κ3) is 2.07. The molecule has 0 saturated carbocycles. The molecule has 6 heteroatoms. The van der Waals surface area contributed by atoms with Gasteiger partial charge in [0, 0.05) is 47.7 Å². The number of hydrogen-bond donors (Lipinski definition) is 1. The highest BCUT2D eigenvalue weighted by Crippen LogP contribution is 2.37. The summed E-state index contributed by atoms with van der Waals surface area (Å²) >= 11 is 1.72. The molecule has 0 aliphatic carbocycles. The molecule has 0 aromatic carbocycles. The fourth-order valence-electron chi connectivity index (χ4n) is 3.12.